The number of imidazole rings is 1. The highest BCUT2D eigenvalue weighted by Gasteiger charge is 2.41. The lowest BCUT2D eigenvalue weighted by atomic mass is 10.0. The predicted octanol–water partition coefficient (Wildman–Crippen LogP) is 3.00. The van der Waals surface area contributed by atoms with Gasteiger partial charge in [-0.05, 0) is 36.3 Å². The number of fused-ring (bicyclic) bond motifs is 1. The minimum absolute atomic E-state index is 0.234. The van der Waals surface area contributed by atoms with Crippen LogP contribution in [0.2, 0.25) is 5.28 Å². The summed E-state index contributed by atoms with van der Waals surface area (Å²) < 4.78 is 0. The van der Waals surface area contributed by atoms with E-state index in [0.29, 0.717) is 11.1 Å². The van der Waals surface area contributed by atoms with E-state index < -0.39 is 0 Å². The standard InChI is InChI=1S/C12H16ClN5/c1-2-3-12(4-5-12)6-14-9-8-10(16-7-15-8)18-11(13)17-9/h7H,2-6H2,1H3,(H2,14,15,16,17,18). The van der Waals surface area contributed by atoms with Crippen LogP contribution in [0.25, 0.3) is 11.2 Å². The highest BCUT2D eigenvalue weighted by molar-refractivity contribution is 6.28. The van der Waals surface area contributed by atoms with Crippen molar-refractivity contribution in [3.05, 3.63) is 11.6 Å². The van der Waals surface area contributed by atoms with Crippen LogP contribution in [0.3, 0.4) is 0 Å². The zero-order valence-corrected chi connectivity index (χ0v) is 11.1. The smallest absolute Gasteiger partial charge is 0.226 e. The molecule has 0 unspecified atom stereocenters. The summed E-state index contributed by atoms with van der Waals surface area (Å²) in [5.41, 5.74) is 1.91. The number of H-pyrrole nitrogens is 1. The number of aromatic nitrogens is 4. The van der Waals surface area contributed by atoms with E-state index in [0.717, 1.165) is 17.9 Å². The second kappa shape index (κ2) is 4.39. The lowest BCUT2D eigenvalue weighted by molar-refractivity contribution is 0.485. The van der Waals surface area contributed by atoms with Gasteiger partial charge in [0.05, 0.1) is 6.33 Å². The first-order valence-electron chi connectivity index (χ1n) is 6.33. The molecule has 0 amide bonds. The van der Waals surface area contributed by atoms with Gasteiger partial charge in [0.25, 0.3) is 0 Å². The summed E-state index contributed by atoms with van der Waals surface area (Å²) in [6.45, 7) is 3.18. The zero-order valence-electron chi connectivity index (χ0n) is 10.3. The van der Waals surface area contributed by atoms with Crippen LogP contribution in [0.4, 0.5) is 5.82 Å². The normalized spacial score (nSPS) is 17.0. The summed E-state index contributed by atoms with van der Waals surface area (Å²) in [4.78, 5) is 15.5. The Kier molecular flexibility index (Phi) is 2.86. The molecule has 18 heavy (non-hydrogen) atoms. The fourth-order valence-corrected chi connectivity index (χ4v) is 2.59. The second-order valence-electron chi connectivity index (χ2n) is 5.05. The summed E-state index contributed by atoms with van der Waals surface area (Å²) in [5.74, 6) is 0.755. The van der Waals surface area contributed by atoms with Crippen molar-refractivity contribution in [1.29, 1.82) is 0 Å². The van der Waals surface area contributed by atoms with E-state index in [2.05, 4.69) is 32.2 Å². The molecular weight excluding hydrogens is 250 g/mol. The van der Waals surface area contributed by atoms with Gasteiger partial charge in [0.15, 0.2) is 11.5 Å². The molecule has 2 heterocycles. The van der Waals surface area contributed by atoms with E-state index in [1.54, 1.807) is 6.33 Å². The summed E-state index contributed by atoms with van der Waals surface area (Å²) in [7, 11) is 0. The maximum absolute atomic E-state index is 5.89. The van der Waals surface area contributed by atoms with Crippen molar-refractivity contribution in [2.75, 3.05) is 11.9 Å². The molecule has 2 aromatic heterocycles. The van der Waals surface area contributed by atoms with Gasteiger partial charge in [-0.2, -0.15) is 9.97 Å². The van der Waals surface area contributed by atoms with Crippen LogP contribution in [-0.2, 0) is 0 Å². The lowest BCUT2D eigenvalue weighted by Gasteiger charge is -2.15. The van der Waals surface area contributed by atoms with Crippen molar-refractivity contribution < 1.29 is 0 Å². The number of hydrogen-bond acceptors (Lipinski definition) is 4. The molecule has 5 nitrogen and oxygen atoms in total. The third kappa shape index (κ3) is 2.14. The first-order chi connectivity index (χ1) is 8.72. The van der Waals surface area contributed by atoms with Gasteiger partial charge in [0.1, 0.15) is 5.52 Å². The van der Waals surface area contributed by atoms with Crippen LogP contribution in [0, 0.1) is 5.41 Å². The van der Waals surface area contributed by atoms with Gasteiger partial charge in [0, 0.05) is 6.54 Å². The molecule has 2 N–H and O–H groups in total. The molecule has 1 saturated carbocycles. The number of anilines is 1. The van der Waals surface area contributed by atoms with Crippen molar-refractivity contribution >= 4 is 28.6 Å². The number of aromatic amines is 1. The van der Waals surface area contributed by atoms with Gasteiger partial charge in [-0.15, -0.1) is 0 Å². The van der Waals surface area contributed by atoms with Gasteiger partial charge in [-0.1, -0.05) is 13.3 Å². The van der Waals surface area contributed by atoms with Crippen molar-refractivity contribution in [1.82, 2.24) is 19.9 Å². The highest BCUT2D eigenvalue weighted by atomic mass is 35.5. The van der Waals surface area contributed by atoms with Crippen LogP contribution in [0.15, 0.2) is 6.33 Å². The Balaban J connectivity index is 1.80. The SMILES string of the molecule is CCCC1(CNc2nc(Cl)nc3nc[nH]c23)CC1. The minimum Gasteiger partial charge on any atom is -0.368 e. The summed E-state index contributed by atoms with van der Waals surface area (Å²) in [6.07, 6.45) is 6.72. The molecule has 96 valence electrons. The Morgan fingerprint density at radius 3 is 3.00 bits per heavy atom. The summed E-state index contributed by atoms with van der Waals surface area (Å²) >= 11 is 5.89. The third-order valence-electron chi connectivity index (χ3n) is 3.63. The predicted molar refractivity (Wildman–Crippen MR) is 71.8 cm³/mol. The van der Waals surface area contributed by atoms with Gasteiger partial charge >= 0.3 is 0 Å². The quantitative estimate of drug-likeness (QED) is 0.816. The maximum Gasteiger partial charge on any atom is 0.226 e. The molecule has 0 atom stereocenters. The first kappa shape index (κ1) is 11.7. The van der Waals surface area contributed by atoms with Crippen molar-refractivity contribution in [3.63, 3.8) is 0 Å². The van der Waals surface area contributed by atoms with Gasteiger partial charge in [-0.3, -0.25) is 0 Å². The van der Waals surface area contributed by atoms with E-state index in [-0.39, 0.29) is 5.28 Å². The van der Waals surface area contributed by atoms with Crippen LogP contribution in [0.1, 0.15) is 32.6 Å². The van der Waals surface area contributed by atoms with Gasteiger partial charge in [-0.25, -0.2) is 4.98 Å². The van der Waals surface area contributed by atoms with E-state index in [1.165, 1.54) is 25.7 Å². The van der Waals surface area contributed by atoms with Crippen molar-refractivity contribution in [2.24, 2.45) is 5.41 Å². The van der Waals surface area contributed by atoms with Gasteiger partial charge in [0.2, 0.25) is 5.28 Å². The molecule has 0 saturated heterocycles. The molecular formula is C12H16ClN5. The first-order valence-corrected chi connectivity index (χ1v) is 6.71. The van der Waals surface area contributed by atoms with Crippen LogP contribution >= 0.6 is 11.6 Å². The molecule has 2 aromatic rings. The molecule has 6 heteroatoms. The average Bonchev–Trinajstić information content (AvgIpc) is 2.94. The summed E-state index contributed by atoms with van der Waals surface area (Å²) in [6, 6.07) is 0. The van der Waals surface area contributed by atoms with Crippen LogP contribution in [-0.4, -0.2) is 26.5 Å². The number of halogens is 1. The van der Waals surface area contributed by atoms with Crippen molar-refractivity contribution in [2.45, 2.75) is 32.6 Å². The molecule has 1 fully saturated rings. The Bertz CT molecular complexity index is 561. The molecule has 0 radical (unpaired) electrons. The number of nitrogens with one attached hydrogen (secondary N) is 2. The fourth-order valence-electron chi connectivity index (χ4n) is 2.43. The molecule has 3 rings (SSSR count). The van der Waals surface area contributed by atoms with Gasteiger partial charge < -0.3 is 10.3 Å². The highest BCUT2D eigenvalue weighted by Crippen LogP contribution is 2.49. The second-order valence-corrected chi connectivity index (χ2v) is 5.38. The van der Waals surface area contributed by atoms with E-state index in [1.807, 2.05) is 0 Å². The largest absolute Gasteiger partial charge is 0.368 e. The third-order valence-corrected chi connectivity index (χ3v) is 3.80. The molecule has 0 aliphatic heterocycles. The molecule has 1 aliphatic carbocycles. The molecule has 1 aliphatic rings. The summed E-state index contributed by atoms with van der Waals surface area (Å²) in [5, 5.41) is 3.63. The van der Waals surface area contributed by atoms with E-state index in [4.69, 9.17) is 11.6 Å². The minimum atomic E-state index is 0.234. The average molecular weight is 266 g/mol. The number of nitrogens with zero attached hydrogens (tertiary/aromatic N) is 3. The van der Waals surface area contributed by atoms with Crippen molar-refractivity contribution in [3.8, 4) is 0 Å². The number of rotatable bonds is 5. The Labute approximate surface area is 110 Å². The molecule has 0 spiro atoms. The molecule has 0 aromatic carbocycles. The molecule has 0 bridgehead atoms. The Morgan fingerprint density at radius 1 is 1.44 bits per heavy atom. The maximum atomic E-state index is 5.89. The van der Waals surface area contributed by atoms with Crippen LogP contribution in [0.5, 0.6) is 0 Å². The lowest BCUT2D eigenvalue weighted by Crippen LogP contribution is -2.16. The van der Waals surface area contributed by atoms with Crippen LogP contribution < -0.4 is 5.32 Å². The monoisotopic (exact) mass is 265 g/mol. The Morgan fingerprint density at radius 2 is 2.28 bits per heavy atom. The van der Waals surface area contributed by atoms with E-state index in [9.17, 15) is 0 Å². The number of hydrogen-bond donors (Lipinski definition) is 2. The van der Waals surface area contributed by atoms with E-state index >= 15 is 0 Å². The Hall–Kier alpha value is -1.36. The zero-order chi connectivity index (χ0) is 12.6. The fraction of sp³-hybridized carbons (Fsp3) is 0.583. The topological polar surface area (TPSA) is 66.5 Å².